The standard InChI is InChI=1S/C42H56N8O5/c1-4-31-11-10-30(26-32(31)5-2)27-37(40(52)48-16-12-33(13-17-48)47-22-20-46(21-23-47)24-25-55-29(3)51)44-41(53)49-18-14-34(15-19-49)50-38-28-43-36-9-7-6-8-35(36)39(38)45-42(50)54/h6-11,26,28,33-34,37H,4-5,12-25,27H2,1-3H3,(H,44,53)(H,45,54)/t37-/m1/s1. The minimum Gasteiger partial charge on any atom is -0.465 e. The van der Waals surface area contributed by atoms with E-state index in [0.717, 1.165) is 85.9 Å². The van der Waals surface area contributed by atoms with Gasteiger partial charge < -0.3 is 24.8 Å². The molecule has 3 aliphatic rings. The number of para-hydroxylation sites is 1. The van der Waals surface area contributed by atoms with E-state index in [9.17, 15) is 19.2 Å². The average Bonchev–Trinajstić information content (AvgIpc) is 3.56. The summed E-state index contributed by atoms with van der Waals surface area (Å²) in [4.78, 5) is 68.9. The zero-order chi connectivity index (χ0) is 38.5. The maximum atomic E-state index is 14.3. The van der Waals surface area contributed by atoms with Crippen LogP contribution in [0.3, 0.4) is 0 Å². The van der Waals surface area contributed by atoms with E-state index in [1.54, 1.807) is 15.7 Å². The fourth-order valence-corrected chi connectivity index (χ4v) is 8.91. The molecule has 3 amide bonds. The number of urea groups is 1. The van der Waals surface area contributed by atoms with Gasteiger partial charge >= 0.3 is 17.7 Å². The lowest BCUT2D eigenvalue weighted by Gasteiger charge is -2.43. The van der Waals surface area contributed by atoms with Crippen LogP contribution < -0.4 is 11.0 Å². The molecule has 294 valence electrons. The van der Waals surface area contributed by atoms with E-state index in [1.807, 2.05) is 29.2 Å². The zero-order valence-electron chi connectivity index (χ0n) is 32.6. The van der Waals surface area contributed by atoms with Gasteiger partial charge in [0.2, 0.25) is 5.91 Å². The van der Waals surface area contributed by atoms with Crippen molar-refractivity contribution >= 4 is 39.8 Å². The molecule has 2 N–H and O–H groups in total. The van der Waals surface area contributed by atoms with Gasteiger partial charge in [0, 0.05) is 89.7 Å². The Morgan fingerprint density at radius 1 is 0.873 bits per heavy atom. The number of aryl methyl sites for hydroxylation is 2. The van der Waals surface area contributed by atoms with Crippen molar-refractivity contribution < 1.29 is 19.1 Å². The van der Waals surface area contributed by atoms with Gasteiger partial charge in [0.1, 0.15) is 12.6 Å². The summed E-state index contributed by atoms with van der Waals surface area (Å²) in [6.45, 7) is 13.0. The Bertz CT molecular complexity index is 2040. The number of H-pyrrole nitrogens is 1. The molecule has 1 atom stereocenters. The minimum absolute atomic E-state index is 0.0281. The number of ether oxygens (including phenoxy) is 1. The maximum Gasteiger partial charge on any atom is 0.326 e. The lowest BCUT2D eigenvalue weighted by atomic mass is 9.95. The van der Waals surface area contributed by atoms with Gasteiger partial charge in [-0.1, -0.05) is 50.2 Å². The number of benzene rings is 2. The number of piperidine rings is 2. The van der Waals surface area contributed by atoms with Crippen molar-refractivity contribution in [2.75, 3.05) is 65.5 Å². The highest BCUT2D eigenvalue weighted by molar-refractivity contribution is 6.01. The SMILES string of the molecule is CCc1ccc(C[C@@H](NC(=O)N2CCC(n3c(=O)[nH]c4c5ccccc5ncc43)CC2)C(=O)N2CCC(N3CCN(CCOC(C)=O)CC3)CC2)cc1CC. The molecule has 0 spiro atoms. The average molecular weight is 753 g/mol. The van der Waals surface area contributed by atoms with Crippen molar-refractivity contribution in [3.05, 3.63) is 75.8 Å². The number of nitrogens with one attached hydrogen (secondary N) is 2. The molecule has 13 heteroatoms. The number of carbonyl (C=O) groups is 3. The third-order valence-electron chi connectivity index (χ3n) is 12.1. The van der Waals surface area contributed by atoms with Crippen LogP contribution in [0.1, 0.15) is 69.2 Å². The van der Waals surface area contributed by atoms with E-state index >= 15 is 0 Å². The van der Waals surface area contributed by atoms with E-state index in [1.165, 1.54) is 18.1 Å². The Hall–Kier alpha value is -4.75. The number of hydrogen-bond acceptors (Lipinski definition) is 8. The highest BCUT2D eigenvalue weighted by Crippen LogP contribution is 2.28. The van der Waals surface area contributed by atoms with Gasteiger partial charge in [-0.25, -0.2) is 9.59 Å². The number of amides is 3. The number of rotatable bonds is 11. The van der Waals surface area contributed by atoms with Crippen LogP contribution in [0.5, 0.6) is 0 Å². The van der Waals surface area contributed by atoms with Gasteiger partial charge in [-0.2, -0.15) is 0 Å². The van der Waals surface area contributed by atoms with Crippen LogP contribution in [-0.4, -0.2) is 130 Å². The lowest BCUT2D eigenvalue weighted by Crippen LogP contribution is -2.57. The van der Waals surface area contributed by atoms with Gasteiger partial charge in [-0.3, -0.25) is 28.9 Å². The molecule has 2 aromatic heterocycles. The second-order valence-electron chi connectivity index (χ2n) is 15.3. The summed E-state index contributed by atoms with van der Waals surface area (Å²) < 4.78 is 6.93. The van der Waals surface area contributed by atoms with Crippen molar-refractivity contribution in [1.29, 1.82) is 0 Å². The molecule has 4 aromatic rings. The fraction of sp³-hybridized carbons (Fsp3) is 0.548. The monoisotopic (exact) mass is 752 g/mol. The van der Waals surface area contributed by atoms with Crippen LogP contribution in [0.25, 0.3) is 21.9 Å². The first-order valence-electron chi connectivity index (χ1n) is 20.2. The molecular weight excluding hydrogens is 697 g/mol. The maximum absolute atomic E-state index is 14.3. The predicted molar refractivity (Wildman–Crippen MR) is 213 cm³/mol. The first kappa shape index (κ1) is 38.5. The van der Waals surface area contributed by atoms with Crippen molar-refractivity contribution in [2.24, 2.45) is 0 Å². The van der Waals surface area contributed by atoms with Crippen LogP contribution in [0, 0.1) is 0 Å². The zero-order valence-corrected chi connectivity index (χ0v) is 32.6. The third-order valence-corrected chi connectivity index (χ3v) is 12.1. The Morgan fingerprint density at radius 2 is 1.56 bits per heavy atom. The first-order valence-corrected chi connectivity index (χ1v) is 20.2. The summed E-state index contributed by atoms with van der Waals surface area (Å²) in [7, 11) is 0. The van der Waals surface area contributed by atoms with Gasteiger partial charge in [0.25, 0.3) is 0 Å². The second kappa shape index (κ2) is 17.4. The molecule has 3 aliphatic heterocycles. The minimum atomic E-state index is -0.685. The number of imidazole rings is 1. The van der Waals surface area contributed by atoms with E-state index in [0.29, 0.717) is 58.1 Å². The summed E-state index contributed by atoms with van der Waals surface area (Å²) in [5.74, 6) is -0.269. The van der Waals surface area contributed by atoms with Crippen molar-refractivity contribution in [3.8, 4) is 0 Å². The molecule has 0 unspecified atom stereocenters. The normalized spacial score (nSPS) is 18.5. The Labute approximate surface area is 323 Å². The van der Waals surface area contributed by atoms with Crippen LogP contribution >= 0.6 is 0 Å². The largest absolute Gasteiger partial charge is 0.465 e. The molecule has 2 aromatic carbocycles. The summed E-state index contributed by atoms with van der Waals surface area (Å²) in [6, 6.07) is 13.7. The Morgan fingerprint density at radius 3 is 2.27 bits per heavy atom. The van der Waals surface area contributed by atoms with Crippen LogP contribution in [0.2, 0.25) is 0 Å². The quantitative estimate of drug-likeness (QED) is 0.219. The smallest absolute Gasteiger partial charge is 0.326 e. The van der Waals surface area contributed by atoms with Crippen LogP contribution in [0.4, 0.5) is 4.79 Å². The van der Waals surface area contributed by atoms with Crippen LogP contribution in [-0.2, 0) is 33.6 Å². The molecule has 55 heavy (non-hydrogen) atoms. The second-order valence-corrected chi connectivity index (χ2v) is 15.3. The molecule has 0 saturated carbocycles. The summed E-state index contributed by atoms with van der Waals surface area (Å²) >= 11 is 0. The predicted octanol–water partition coefficient (Wildman–Crippen LogP) is 4.13. The molecule has 0 aliphatic carbocycles. The number of fused-ring (bicyclic) bond motifs is 3. The van der Waals surface area contributed by atoms with E-state index in [2.05, 4.69) is 57.1 Å². The van der Waals surface area contributed by atoms with Crippen LogP contribution in [0.15, 0.2) is 53.5 Å². The Balaban J connectivity index is 0.988. The van der Waals surface area contributed by atoms with E-state index in [-0.39, 0.29) is 29.6 Å². The fourth-order valence-electron chi connectivity index (χ4n) is 8.91. The first-order chi connectivity index (χ1) is 26.7. The number of nitrogens with zero attached hydrogens (tertiary/aromatic N) is 6. The molecule has 7 rings (SSSR count). The van der Waals surface area contributed by atoms with E-state index in [4.69, 9.17) is 4.74 Å². The molecule has 0 bridgehead atoms. The molecule has 5 heterocycles. The third kappa shape index (κ3) is 8.73. The number of piperazine rings is 1. The summed E-state index contributed by atoms with van der Waals surface area (Å²) in [5.41, 5.74) is 5.88. The molecule has 3 saturated heterocycles. The van der Waals surface area contributed by atoms with Crippen molar-refractivity contribution in [1.82, 2.24) is 39.5 Å². The number of esters is 1. The molecular formula is C42H56N8O5. The van der Waals surface area contributed by atoms with Crippen molar-refractivity contribution in [2.45, 2.75) is 83.8 Å². The highest BCUT2D eigenvalue weighted by Gasteiger charge is 2.34. The number of aromatic nitrogens is 3. The Kier molecular flexibility index (Phi) is 12.2. The van der Waals surface area contributed by atoms with Gasteiger partial charge in [-0.05, 0) is 61.3 Å². The number of hydrogen-bond donors (Lipinski definition) is 2. The van der Waals surface area contributed by atoms with E-state index < -0.39 is 6.04 Å². The van der Waals surface area contributed by atoms with Gasteiger partial charge in [-0.15, -0.1) is 0 Å². The van der Waals surface area contributed by atoms with Gasteiger partial charge in [0.15, 0.2) is 0 Å². The number of carbonyl (C=O) groups excluding carboxylic acids is 3. The topological polar surface area (TPSA) is 136 Å². The van der Waals surface area contributed by atoms with Gasteiger partial charge in [0.05, 0.1) is 22.7 Å². The van der Waals surface area contributed by atoms with Crippen molar-refractivity contribution in [3.63, 3.8) is 0 Å². The highest BCUT2D eigenvalue weighted by atomic mass is 16.5. The summed E-state index contributed by atoms with van der Waals surface area (Å²) in [6.07, 6.45) is 7.11. The molecule has 0 radical (unpaired) electrons. The molecule has 3 fully saturated rings. The number of likely N-dealkylation sites (tertiary alicyclic amines) is 2. The molecule has 13 nitrogen and oxygen atoms in total. The number of pyridine rings is 1. The lowest BCUT2D eigenvalue weighted by molar-refractivity contribution is -0.141. The summed E-state index contributed by atoms with van der Waals surface area (Å²) in [5, 5.41) is 4.09. The number of aromatic amines is 1.